The molecule has 27 N–H and O–H groups in total. The molecule has 30 nitrogen and oxygen atoms in total. The molecule has 0 fully saturated rings. The van der Waals surface area contributed by atoms with Gasteiger partial charge >= 0.3 is 19.4 Å². The molecule has 3 rings (SSSR count). The van der Waals surface area contributed by atoms with Gasteiger partial charge in [-0.05, 0) is 12.2 Å². The summed E-state index contributed by atoms with van der Waals surface area (Å²) in [6.07, 6.45) is 0.763. The lowest BCUT2D eigenvalue weighted by Crippen LogP contribution is -2.25. The van der Waals surface area contributed by atoms with Crippen LogP contribution in [0.15, 0.2) is 44.9 Å². The lowest BCUT2D eigenvalue weighted by molar-refractivity contribution is 0.564. The van der Waals surface area contributed by atoms with Crippen LogP contribution in [0.25, 0.3) is 0 Å². The number of halogens is 3. The van der Waals surface area contributed by atoms with Gasteiger partial charge in [-0.2, -0.15) is 45.2 Å². The molecular weight excluding hydrogens is 1070 g/mol. The molecule has 0 aliphatic heterocycles. The van der Waals surface area contributed by atoms with Crippen molar-refractivity contribution in [3.05, 3.63) is 33.2 Å². The molecule has 3 aromatic rings. The second-order valence-electron chi connectivity index (χ2n) is 8.94. The molecule has 0 bridgehead atoms. The number of aliphatic imine (C=N–C) groups is 4. The number of thioether (sulfide) groups is 2. The molecular formula is C20H36Cl3N23O7S9. The minimum Gasteiger partial charge on any atom is -0.379 e. The van der Waals surface area contributed by atoms with Crippen molar-refractivity contribution in [1.82, 2.24) is 15.0 Å². The van der Waals surface area contributed by atoms with Crippen LogP contribution in [0.5, 0.6) is 0 Å². The lowest BCUT2D eigenvalue weighted by Gasteiger charge is -1.96. The molecule has 0 atom stereocenters. The van der Waals surface area contributed by atoms with Crippen LogP contribution in [0.2, 0.25) is 0 Å². The van der Waals surface area contributed by atoms with Gasteiger partial charge in [0.25, 0.3) is 15.3 Å². The fraction of sp³-hybridized carbons (Fsp3) is 0.150. The zero-order chi connectivity index (χ0) is 48.9. The Labute approximate surface area is 392 Å². The van der Waals surface area contributed by atoms with Crippen LogP contribution in [0, 0.1) is 5.41 Å². The maximum Gasteiger partial charge on any atom is 0.350 e. The zero-order valence-electron chi connectivity index (χ0n) is 30.5. The van der Waals surface area contributed by atoms with Gasteiger partial charge in [-0.15, -0.1) is 50.0 Å². The van der Waals surface area contributed by atoms with Crippen molar-refractivity contribution in [2.75, 3.05) is 0 Å². The average Bonchev–Trinajstić information content (AvgIpc) is 3.82. The van der Waals surface area contributed by atoms with Gasteiger partial charge in [-0.25, -0.2) is 30.0 Å². The summed E-state index contributed by atoms with van der Waals surface area (Å²) >= 11 is 16.0. The predicted octanol–water partition coefficient (Wildman–Crippen LogP) is -2.50. The van der Waals surface area contributed by atoms with E-state index < -0.39 is 28.7 Å². The van der Waals surface area contributed by atoms with E-state index in [1.807, 2.05) is 10.8 Å². The molecule has 0 saturated heterocycles. The number of nitrogens with zero attached hydrogens (tertiary/aromatic N) is 9. The summed E-state index contributed by atoms with van der Waals surface area (Å²) in [5.74, 6) is 1.10. The van der Waals surface area contributed by atoms with Crippen molar-refractivity contribution < 1.29 is 30.0 Å². The maximum atomic E-state index is 10.6. The quantitative estimate of drug-likeness (QED) is 0.0249. The van der Waals surface area contributed by atoms with Gasteiger partial charge < -0.3 is 63.1 Å². The minimum atomic E-state index is -4.00. The number of amidine groups is 2. The number of isocyanates is 1. The van der Waals surface area contributed by atoms with E-state index in [9.17, 15) is 25.3 Å². The van der Waals surface area contributed by atoms with Crippen molar-refractivity contribution in [3.8, 4) is 0 Å². The molecule has 62 heavy (non-hydrogen) atoms. The number of alkyl halides is 1. The summed E-state index contributed by atoms with van der Waals surface area (Å²) in [5, 5.41) is 22.5. The number of carbonyl (C=O) groups excluding carboxylic acids is 1. The summed E-state index contributed by atoms with van der Waals surface area (Å²) in [4.78, 5) is 35.8. The normalized spacial score (nSPS) is 10.4. The highest BCUT2D eigenvalue weighted by molar-refractivity contribution is 8.14. The third-order valence-electron chi connectivity index (χ3n) is 3.78. The number of thiazole rings is 3. The van der Waals surface area contributed by atoms with E-state index in [2.05, 4.69) is 82.4 Å². The van der Waals surface area contributed by atoms with E-state index in [0.717, 1.165) is 29.2 Å². The van der Waals surface area contributed by atoms with Crippen LogP contribution in [-0.2, 0) is 50.9 Å². The van der Waals surface area contributed by atoms with Gasteiger partial charge in [-0.1, -0.05) is 27.9 Å². The Morgan fingerprint density at radius 2 is 1.05 bits per heavy atom. The molecule has 3 aromatic heterocycles. The van der Waals surface area contributed by atoms with Crippen molar-refractivity contribution in [2.45, 2.75) is 17.4 Å². The number of aromatic nitrogens is 3. The monoisotopic (exact) mass is 1100 g/mol. The van der Waals surface area contributed by atoms with Crippen molar-refractivity contribution in [3.63, 3.8) is 0 Å². The third-order valence-corrected chi connectivity index (χ3v) is 9.14. The Balaban J connectivity index is -0.000000711. The predicted molar refractivity (Wildman–Crippen MR) is 256 cm³/mol. The Bertz CT molecular complexity index is 2410. The second kappa shape index (κ2) is 32.2. The van der Waals surface area contributed by atoms with Gasteiger partial charge in [0, 0.05) is 49.0 Å². The molecule has 0 aromatic carbocycles. The van der Waals surface area contributed by atoms with E-state index in [-0.39, 0.29) is 39.3 Å². The highest BCUT2D eigenvalue weighted by Gasteiger charge is 2.06. The topological polar surface area (TPSA) is 594 Å². The summed E-state index contributed by atoms with van der Waals surface area (Å²) in [5.41, 5.74) is 58.4. The second-order valence-corrected chi connectivity index (χ2v) is 19.8. The number of hydrogen-bond donors (Lipinski definition) is 14. The Hall–Kier alpha value is -4.48. The molecule has 3 heterocycles. The smallest absolute Gasteiger partial charge is 0.350 e. The van der Waals surface area contributed by atoms with Crippen LogP contribution >= 0.6 is 103 Å². The number of nitrogens with one attached hydrogen (secondary N) is 1. The number of nitrogens with two attached hydrogens (primary N) is 13. The standard InChI is InChI=1S/C6H11N7O2S3.C6H10N6S2.C5H7ClN4S.C2H6N4S.CClNO3S.ClH2NO2S/c7-4(8)12-6-11-3(2-17-6)1-16-5(9)13-18(10,14)15;7-4(8)12-6-11-3(2-14-6)1-13-5(9)10;6-1-3-2-11-5(9-3)10-4(7)8;3-1(4)6-2(5)7;2-7(5,6)3-1-4;1-5(2,3)4/h2H,1H2,(H2,9,13)(H2,10,14,15)(H4,7,8,11,12);2H,1H2,(H3,9,10)(H4,7,8,11,12);2H,1H2,(H4,7,8,9,10);(H6,3,4,5,6,7);;(H2,2,3,4). The van der Waals surface area contributed by atoms with E-state index in [0.29, 0.717) is 38.5 Å². The van der Waals surface area contributed by atoms with Gasteiger partial charge in [0.1, 0.15) is 0 Å². The highest BCUT2D eigenvalue weighted by atomic mass is 35.7. The number of guanidine groups is 4. The van der Waals surface area contributed by atoms with Gasteiger partial charge in [0.2, 0.25) is 15.4 Å². The summed E-state index contributed by atoms with van der Waals surface area (Å²) < 4.78 is 64.0. The molecule has 348 valence electrons. The molecule has 0 aliphatic rings. The number of thiocarbonyl (C=S) groups is 1. The number of hydrogen-bond acceptors (Lipinski definition) is 20. The SMILES string of the molecule is N=C(N)SCc1csc(N=C(N)N)n1.NC(=S)N=C(N)N.NC(N)=Nc1nc(CCl)cs1.NC(N)=Nc1nc(CSC(N)=NS(N)(=O)=O)cs1.NS(=O)(=O)Cl.O=C=NS(=O)(=O)Cl. The maximum absolute atomic E-state index is 10.6. The average molecular weight is 1110 g/mol. The summed E-state index contributed by atoms with van der Waals surface area (Å²) in [7, 11) is -3.01. The first-order valence-corrected chi connectivity index (χ1v) is 25.8. The van der Waals surface area contributed by atoms with E-state index >= 15 is 0 Å². The largest absolute Gasteiger partial charge is 0.379 e. The van der Waals surface area contributed by atoms with Crippen molar-refractivity contribution in [1.29, 1.82) is 5.41 Å². The molecule has 0 saturated carbocycles. The Morgan fingerprint density at radius 3 is 1.27 bits per heavy atom. The fourth-order valence-corrected chi connectivity index (χ4v) is 6.69. The highest BCUT2D eigenvalue weighted by Crippen LogP contribution is 2.23. The number of rotatable bonds is 10. The van der Waals surface area contributed by atoms with E-state index in [1.54, 1.807) is 5.38 Å². The van der Waals surface area contributed by atoms with Gasteiger partial charge in [-0.3, -0.25) is 5.41 Å². The van der Waals surface area contributed by atoms with Crippen molar-refractivity contribution >= 4 is 192 Å². The first-order chi connectivity index (χ1) is 28.2. The molecule has 0 aliphatic carbocycles. The van der Waals surface area contributed by atoms with Crippen LogP contribution in [0.4, 0.5) is 15.4 Å². The summed E-state index contributed by atoms with van der Waals surface area (Å²) in [6, 6.07) is 0. The summed E-state index contributed by atoms with van der Waals surface area (Å²) in [6.45, 7) is 0. The van der Waals surface area contributed by atoms with Gasteiger partial charge in [0.15, 0.2) is 39.3 Å². The molecule has 0 radical (unpaired) electrons. The Kier molecular flexibility index (Phi) is 32.1. The molecule has 42 heteroatoms. The molecule has 0 unspecified atom stereocenters. The van der Waals surface area contributed by atoms with Gasteiger partial charge in [0.05, 0.1) is 23.0 Å². The van der Waals surface area contributed by atoms with Crippen LogP contribution < -0.4 is 73.3 Å². The van der Waals surface area contributed by atoms with E-state index in [1.165, 1.54) is 45.8 Å². The van der Waals surface area contributed by atoms with Crippen molar-refractivity contribution in [2.24, 2.45) is 102 Å². The van der Waals surface area contributed by atoms with Crippen LogP contribution in [0.3, 0.4) is 0 Å². The van der Waals surface area contributed by atoms with Crippen LogP contribution in [0.1, 0.15) is 17.1 Å². The first-order valence-electron chi connectivity index (χ1n) is 14.1. The Morgan fingerprint density at radius 1 is 0.694 bits per heavy atom. The molecule has 0 spiro atoms. The zero-order valence-corrected chi connectivity index (χ0v) is 40.2. The van der Waals surface area contributed by atoms with E-state index in [4.69, 9.17) is 90.0 Å². The fourth-order valence-electron chi connectivity index (χ4n) is 2.19. The first kappa shape index (κ1) is 61.8. The van der Waals surface area contributed by atoms with Crippen LogP contribution in [-0.4, -0.2) is 85.6 Å². The minimum absolute atomic E-state index is 0.00915. The third kappa shape index (κ3) is 46.6. The molecule has 0 amide bonds. The lowest BCUT2D eigenvalue weighted by atomic mass is 10.6.